The van der Waals surface area contributed by atoms with Gasteiger partial charge < -0.3 is 64.5 Å². The van der Waals surface area contributed by atoms with E-state index < -0.39 is 117 Å². The van der Waals surface area contributed by atoms with E-state index in [1.165, 1.54) is 24.3 Å². The molecule has 382 valence electrons. The second kappa shape index (κ2) is 23.3. The van der Waals surface area contributed by atoms with Crippen LogP contribution in [0.25, 0.3) is 0 Å². The number of hydrogen-bond donors (Lipinski definition) is 8. The molecule has 11 atom stereocenters. The number of carbonyl (C=O) groups excluding carboxylic acids is 2. The Morgan fingerprint density at radius 1 is 0.686 bits per heavy atom. The molecule has 4 aromatic rings. The fourth-order valence-electron chi connectivity index (χ4n) is 9.03. The van der Waals surface area contributed by atoms with Crippen molar-refractivity contribution in [3.05, 3.63) is 141 Å². The second-order valence-electron chi connectivity index (χ2n) is 19.5. The summed E-state index contributed by atoms with van der Waals surface area (Å²) in [5.74, 6) is -7.41. The van der Waals surface area contributed by atoms with Crippen LogP contribution in [0.2, 0.25) is 0 Å². The van der Waals surface area contributed by atoms with Gasteiger partial charge in [-0.25, -0.2) is 0 Å². The Balaban J connectivity index is 1.60. The van der Waals surface area contributed by atoms with Gasteiger partial charge in [0.25, 0.3) is 0 Å². The van der Waals surface area contributed by atoms with E-state index >= 15 is 0 Å². The number of carbonyl (C=O) groups is 2. The lowest BCUT2D eigenvalue weighted by Gasteiger charge is -2.58. The van der Waals surface area contributed by atoms with Crippen molar-refractivity contribution in [3.63, 3.8) is 0 Å². The summed E-state index contributed by atoms with van der Waals surface area (Å²) in [5.41, 5.74) is 0.134. The summed E-state index contributed by atoms with van der Waals surface area (Å²) in [4.78, 5) is 26.3. The van der Waals surface area contributed by atoms with Gasteiger partial charge >= 0.3 is 11.9 Å². The largest absolute Gasteiger partial charge is 0.463 e. The first-order valence-electron chi connectivity index (χ1n) is 24.8. The molecule has 15 nitrogen and oxygen atoms in total. The van der Waals surface area contributed by atoms with Gasteiger partial charge in [-0.15, -0.1) is 0 Å². The summed E-state index contributed by atoms with van der Waals surface area (Å²) in [6.07, 6.45) is -12.8. The Hall–Kier alpha value is -4.62. The van der Waals surface area contributed by atoms with Gasteiger partial charge in [0.15, 0.2) is 5.60 Å². The van der Waals surface area contributed by atoms with Gasteiger partial charge in [0.05, 0.1) is 18.6 Å². The highest BCUT2D eigenvalue weighted by atomic mass is 16.8. The summed E-state index contributed by atoms with van der Waals surface area (Å²) in [7, 11) is 0. The Bertz CT molecular complexity index is 2390. The summed E-state index contributed by atoms with van der Waals surface area (Å²) in [6, 6.07) is 25.4. The molecule has 0 amide bonds. The second-order valence-corrected chi connectivity index (χ2v) is 19.5. The van der Waals surface area contributed by atoms with E-state index in [0.29, 0.717) is 24.0 Å². The molecular weight excluding hydrogens is 901 g/mol. The molecule has 4 aromatic carbocycles. The lowest BCUT2D eigenvalue weighted by Crippen LogP contribution is -2.75. The number of rotatable bonds is 20. The number of aliphatic hydroxyl groups is 8. The first-order chi connectivity index (χ1) is 33.7. The average molecular weight is 974 g/mol. The molecule has 0 saturated carbocycles. The van der Waals surface area contributed by atoms with Crippen LogP contribution in [0.15, 0.2) is 91.0 Å². The first kappa shape index (κ1) is 53.2. The number of aliphatic hydroxyl groups excluding tert-OH is 6. The molecule has 70 heavy (non-hydrogen) atoms. The van der Waals surface area contributed by atoms with E-state index in [-0.39, 0.29) is 35.1 Å². The zero-order chi connectivity index (χ0) is 51.9. The smallest absolute Gasteiger partial charge is 0.311 e. The molecule has 0 bridgehead atoms. The maximum Gasteiger partial charge on any atom is 0.311 e. The van der Waals surface area contributed by atoms with E-state index in [1.807, 2.05) is 57.2 Å². The molecule has 8 N–H and O–H groups in total. The fraction of sp³-hybridized carbons (Fsp3) is 0.527. The van der Waals surface area contributed by atoms with Crippen molar-refractivity contribution < 1.29 is 75.5 Å². The number of unbranched alkanes of at least 4 members (excludes halogenated alkanes) is 1. The average Bonchev–Trinajstić information content (AvgIpc) is 3.37. The monoisotopic (exact) mass is 973 g/mol. The third-order valence-electron chi connectivity index (χ3n) is 13.3. The lowest BCUT2D eigenvalue weighted by molar-refractivity contribution is -0.461. The van der Waals surface area contributed by atoms with Crippen molar-refractivity contribution in [1.29, 1.82) is 0 Å². The summed E-state index contributed by atoms with van der Waals surface area (Å²) in [5, 5.41) is 97.3. The van der Waals surface area contributed by atoms with Crippen LogP contribution >= 0.6 is 0 Å². The van der Waals surface area contributed by atoms with E-state index in [0.717, 1.165) is 29.5 Å². The molecule has 2 fully saturated rings. The van der Waals surface area contributed by atoms with Crippen molar-refractivity contribution in [3.8, 4) is 0 Å². The zero-order valence-electron chi connectivity index (χ0n) is 42.0. The van der Waals surface area contributed by atoms with Crippen molar-refractivity contribution in [1.82, 2.24) is 0 Å². The van der Waals surface area contributed by atoms with E-state index in [4.69, 9.17) is 25.1 Å². The minimum Gasteiger partial charge on any atom is -0.463 e. The molecule has 0 radical (unpaired) electrons. The molecule has 2 aliphatic rings. The van der Waals surface area contributed by atoms with E-state index in [1.54, 1.807) is 51.1 Å². The molecule has 6 rings (SSSR count). The first-order valence-corrected chi connectivity index (χ1v) is 24.2. The molecule has 15 heteroatoms. The maximum atomic E-state index is 13.6. The minimum atomic E-state index is -2.94. The summed E-state index contributed by atoms with van der Waals surface area (Å²) >= 11 is 0. The highest BCUT2D eigenvalue weighted by molar-refractivity contribution is 5.75. The van der Waals surface area contributed by atoms with Crippen LogP contribution in [-0.2, 0) is 83.7 Å². The zero-order valence-corrected chi connectivity index (χ0v) is 41.0. The van der Waals surface area contributed by atoms with Gasteiger partial charge in [-0.3, -0.25) is 9.59 Å². The normalized spacial score (nSPS) is 28.7. The van der Waals surface area contributed by atoms with Crippen LogP contribution < -0.4 is 0 Å². The van der Waals surface area contributed by atoms with Crippen LogP contribution in [0.1, 0.15) is 119 Å². The fourth-order valence-corrected chi connectivity index (χ4v) is 9.03. The van der Waals surface area contributed by atoms with Crippen molar-refractivity contribution in [2.24, 2.45) is 5.41 Å². The number of aryl methyl sites for hydroxylation is 2. The van der Waals surface area contributed by atoms with Crippen LogP contribution in [0.3, 0.4) is 0 Å². The van der Waals surface area contributed by atoms with Crippen LogP contribution in [0.4, 0.5) is 0 Å². The highest BCUT2D eigenvalue weighted by Crippen LogP contribution is 2.53. The molecule has 2 heterocycles. The van der Waals surface area contributed by atoms with Crippen molar-refractivity contribution in [2.75, 3.05) is 13.2 Å². The topological polar surface area (TPSA) is 242 Å². The van der Waals surface area contributed by atoms with Gasteiger partial charge in [0.1, 0.15) is 55.9 Å². The third-order valence-corrected chi connectivity index (χ3v) is 13.3. The van der Waals surface area contributed by atoms with E-state index in [9.17, 15) is 50.4 Å². The molecular formula is C55H72O15. The molecule has 2 unspecified atom stereocenters. The highest BCUT2D eigenvalue weighted by Gasteiger charge is 2.69. The van der Waals surface area contributed by atoms with Crippen LogP contribution in [0, 0.1) is 5.41 Å². The van der Waals surface area contributed by atoms with Crippen molar-refractivity contribution in [2.45, 2.75) is 166 Å². The van der Waals surface area contributed by atoms with E-state index in [2.05, 4.69) is 0 Å². The summed E-state index contributed by atoms with van der Waals surface area (Å²) < 4.78 is 39.8. The number of esters is 2. The van der Waals surface area contributed by atoms with Gasteiger partial charge in [-0.05, 0) is 97.5 Å². The van der Waals surface area contributed by atoms with Crippen LogP contribution in [0.5, 0.6) is 0 Å². The van der Waals surface area contributed by atoms with Gasteiger partial charge in [0, 0.05) is 25.3 Å². The molecule has 0 spiro atoms. The quantitative estimate of drug-likeness (QED) is 0.0560. The Morgan fingerprint density at radius 3 is 1.86 bits per heavy atom. The SMILES string of the molecule is [2H]C(CCCC)C(=O)OC[C@H]1OC(O)(c2cc(CO)ccc2Cc2ccc(CC)cc2)[C@H](O[C@]2(c3cccc(CO)c3)O[C@H](COC(=O)C(C)(C)C)[C@@H](O)[C@H](O)[C@]2(O)Cc2ccc(CC)cc2)[C@@H](O)[C@@H]1O. The molecule has 2 aliphatic heterocycles. The van der Waals surface area contributed by atoms with Crippen molar-refractivity contribution >= 4 is 11.9 Å². The number of benzene rings is 4. The molecule has 2 saturated heterocycles. The number of hydrogen-bond acceptors (Lipinski definition) is 15. The Labute approximate surface area is 412 Å². The Kier molecular flexibility index (Phi) is 17.7. The minimum absolute atomic E-state index is 0.0813. The summed E-state index contributed by atoms with van der Waals surface area (Å²) in [6.45, 7) is 8.23. The molecule has 0 aliphatic carbocycles. The predicted octanol–water partition coefficient (Wildman–Crippen LogP) is 4.70. The van der Waals surface area contributed by atoms with Crippen LogP contribution in [-0.4, -0.2) is 114 Å². The Morgan fingerprint density at radius 2 is 1.26 bits per heavy atom. The predicted molar refractivity (Wildman–Crippen MR) is 258 cm³/mol. The lowest BCUT2D eigenvalue weighted by atomic mass is 9.72. The number of ether oxygens (including phenoxy) is 5. The third kappa shape index (κ3) is 11.8. The van der Waals surface area contributed by atoms with Gasteiger partial charge in [0.2, 0.25) is 11.6 Å². The standard InChI is InChI=1S/C55H72O15/c1-7-10-11-15-45(58)66-32-43-46(59)48(61)50(54(65,68-43)42-28-39(31-57)24-25-40(42)26-36-20-16-34(8-2)17-21-36)70-55(41-14-12-13-38(27-41)30-56)53(64,29-37-22-18-35(9-3)19-23-37)49(62)47(60)44(69-55)33-67-51(63)52(4,5)6/h12-14,16-25,27-28,43-44,46-50,56-57,59-62,64-65H,7-11,15,26,29-33H2,1-6H3/t43-,44-,46-,47-,48+,49+,50-,53-,54?,55+/m1/s1/i15D/t15?,43-,44-,46-,47-,48+,49+,50-,53-,54?,55+. The van der Waals surface area contributed by atoms with Gasteiger partial charge in [-0.1, -0.05) is 112 Å². The van der Waals surface area contributed by atoms with Gasteiger partial charge in [-0.2, -0.15) is 0 Å². The molecule has 0 aromatic heterocycles. The maximum absolute atomic E-state index is 13.6.